The van der Waals surface area contributed by atoms with Crippen molar-refractivity contribution in [3.63, 3.8) is 0 Å². The number of hydrogen-bond acceptors (Lipinski definition) is 3. The summed E-state index contributed by atoms with van der Waals surface area (Å²) in [5.41, 5.74) is 2.03. The van der Waals surface area contributed by atoms with Crippen molar-refractivity contribution in [2.75, 3.05) is 5.32 Å². The first-order valence-electron chi connectivity index (χ1n) is 8.23. The first-order valence-corrected chi connectivity index (χ1v) is 9.11. The highest BCUT2D eigenvalue weighted by Gasteiger charge is 2.17. The molecule has 3 rings (SSSR count). The van der Waals surface area contributed by atoms with Crippen molar-refractivity contribution < 1.29 is 4.79 Å². The number of hydrogen-bond donors (Lipinski definition) is 1. The van der Waals surface area contributed by atoms with Crippen LogP contribution >= 0.6 is 11.8 Å². The molecule has 2 aromatic carbocycles. The van der Waals surface area contributed by atoms with E-state index in [1.807, 2.05) is 73.1 Å². The molecule has 0 fully saturated rings. The molecule has 128 valence electrons. The minimum atomic E-state index is -0.192. The predicted molar refractivity (Wildman–Crippen MR) is 103 cm³/mol. The van der Waals surface area contributed by atoms with E-state index in [4.69, 9.17) is 0 Å². The van der Waals surface area contributed by atoms with Gasteiger partial charge >= 0.3 is 0 Å². The quantitative estimate of drug-likeness (QED) is 0.671. The second-order valence-corrected chi connectivity index (χ2v) is 7.29. The number of rotatable bonds is 6. The molecule has 0 bridgehead atoms. The van der Waals surface area contributed by atoms with Gasteiger partial charge in [-0.25, -0.2) is 4.68 Å². The zero-order valence-corrected chi connectivity index (χ0v) is 15.2. The highest BCUT2D eigenvalue weighted by atomic mass is 32.2. The summed E-state index contributed by atoms with van der Waals surface area (Å²) in [7, 11) is 0. The van der Waals surface area contributed by atoms with Crippen molar-refractivity contribution in [1.82, 2.24) is 9.78 Å². The molecule has 0 aliphatic heterocycles. The highest BCUT2D eigenvalue weighted by molar-refractivity contribution is 8.00. The molecule has 1 N–H and O–H groups in total. The van der Waals surface area contributed by atoms with Gasteiger partial charge in [-0.1, -0.05) is 48.5 Å². The van der Waals surface area contributed by atoms with Gasteiger partial charge < -0.3 is 5.32 Å². The Hall–Kier alpha value is -2.53. The van der Waals surface area contributed by atoms with Crippen LogP contribution in [0.1, 0.15) is 18.2 Å². The van der Waals surface area contributed by atoms with E-state index in [9.17, 15) is 4.79 Å². The molecule has 0 saturated heterocycles. The van der Waals surface area contributed by atoms with E-state index in [0.29, 0.717) is 6.54 Å². The zero-order valence-electron chi connectivity index (χ0n) is 14.3. The number of benzene rings is 2. The van der Waals surface area contributed by atoms with Gasteiger partial charge in [-0.3, -0.25) is 4.79 Å². The van der Waals surface area contributed by atoms with E-state index < -0.39 is 0 Å². The molecule has 0 unspecified atom stereocenters. The Morgan fingerprint density at radius 2 is 1.76 bits per heavy atom. The van der Waals surface area contributed by atoms with E-state index in [2.05, 4.69) is 22.5 Å². The molecule has 4 nitrogen and oxygen atoms in total. The van der Waals surface area contributed by atoms with Crippen LogP contribution in [0.25, 0.3) is 0 Å². The SMILES string of the molecule is Cc1cc(NC(=O)[C@H](C)Sc2ccccc2)n(Cc2ccccc2)n1. The summed E-state index contributed by atoms with van der Waals surface area (Å²) in [4.78, 5) is 13.6. The van der Waals surface area contributed by atoms with Crippen molar-refractivity contribution in [2.45, 2.75) is 30.5 Å². The smallest absolute Gasteiger partial charge is 0.238 e. The number of nitrogens with zero attached hydrogens (tertiary/aromatic N) is 2. The number of aromatic nitrogens is 2. The number of amides is 1. The summed E-state index contributed by atoms with van der Waals surface area (Å²) >= 11 is 1.55. The molecule has 0 aliphatic carbocycles. The van der Waals surface area contributed by atoms with Gasteiger partial charge in [0.25, 0.3) is 0 Å². The molecule has 25 heavy (non-hydrogen) atoms. The second kappa shape index (κ2) is 8.03. The van der Waals surface area contributed by atoms with E-state index in [0.717, 1.165) is 22.0 Å². The first-order chi connectivity index (χ1) is 12.1. The minimum Gasteiger partial charge on any atom is -0.310 e. The van der Waals surface area contributed by atoms with Crippen LogP contribution in [0.2, 0.25) is 0 Å². The number of anilines is 1. The monoisotopic (exact) mass is 351 g/mol. The van der Waals surface area contributed by atoms with Crippen molar-refractivity contribution in [3.8, 4) is 0 Å². The Morgan fingerprint density at radius 1 is 1.12 bits per heavy atom. The highest BCUT2D eigenvalue weighted by Crippen LogP contribution is 2.24. The predicted octanol–water partition coefficient (Wildman–Crippen LogP) is 4.36. The summed E-state index contributed by atoms with van der Waals surface area (Å²) in [5, 5.41) is 7.32. The average molecular weight is 351 g/mol. The van der Waals surface area contributed by atoms with Gasteiger partial charge in [0, 0.05) is 11.0 Å². The maximum atomic E-state index is 12.6. The molecule has 5 heteroatoms. The average Bonchev–Trinajstić information content (AvgIpc) is 2.95. The Labute approximate surface area is 152 Å². The maximum absolute atomic E-state index is 12.6. The van der Waals surface area contributed by atoms with Gasteiger partial charge in [0.15, 0.2) is 0 Å². The lowest BCUT2D eigenvalue weighted by molar-refractivity contribution is -0.115. The van der Waals surface area contributed by atoms with Gasteiger partial charge in [0.2, 0.25) is 5.91 Å². The van der Waals surface area contributed by atoms with Gasteiger partial charge in [-0.2, -0.15) is 5.10 Å². The van der Waals surface area contributed by atoms with Crippen molar-refractivity contribution in [3.05, 3.63) is 78.0 Å². The van der Waals surface area contributed by atoms with Crippen LogP contribution in [0.15, 0.2) is 71.6 Å². The van der Waals surface area contributed by atoms with Crippen LogP contribution in [0.5, 0.6) is 0 Å². The third-order valence-corrected chi connectivity index (χ3v) is 4.87. The topological polar surface area (TPSA) is 46.9 Å². The molecule has 0 radical (unpaired) electrons. The third kappa shape index (κ3) is 4.73. The molecule has 1 atom stereocenters. The van der Waals surface area contributed by atoms with Gasteiger partial charge in [0.05, 0.1) is 17.5 Å². The second-order valence-electron chi connectivity index (χ2n) is 5.88. The molecule has 1 aromatic heterocycles. The fourth-order valence-electron chi connectivity index (χ4n) is 2.51. The number of thioether (sulfide) groups is 1. The zero-order chi connectivity index (χ0) is 17.6. The lowest BCUT2D eigenvalue weighted by Gasteiger charge is -2.13. The van der Waals surface area contributed by atoms with Crippen LogP contribution in [0.4, 0.5) is 5.82 Å². The summed E-state index contributed by atoms with van der Waals surface area (Å²) in [6.07, 6.45) is 0. The van der Waals surface area contributed by atoms with Crippen LogP contribution < -0.4 is 5.32 Å². The Balaban J connectivity index is 1.68. The van der Waals surface area contributed by atoms with Crippen LogP contribution in [-0.2, 0) is 11.3 Å². The molecular formula is C20H21N3OS. The first kappa shape index (κ1) is 17.3. The largest absolute Gasteiger partial charge is 0.310 e. The fraction of sp³-hybridized carbons (Fsp3) is 0.200. The summed E-state index contributed by atoms with van der Waals surface area (Å²) in [6, 6.07) is 22.0. The molecule has 3 aromatic rings. The maximum Gasteiger partial charge on any atom is 0.238 e. The summed E-state index contributed by atoms with van der Waals surface area (Å²) < 4.78 is 1.84. The van der Waals surface area contributed by atoms with Crippen LogP contribution in [0.3, 0.4) is 0 Å². The fourth-order valence-corrected chi connectivity index (χ4v) is 3.40. The number of aryl methyl sites for hydroxylation is 1. The lowest BCUT2D eigenvalue weighted by Crippen LogP contribution is -2.24. The van der Waals surface area contributed by atoms with E-state index in [1.165, 1.54) is 0 Å². The molecule has 1 heterocycles. The van der Waals surface area contributed by atoms with Gasteiger partial charge in [-0.05, 0) is 31.5 Å². The van der Waals surface area contributed by atoms with E-state index >= 15 is 0 Å². The van der Waals surface area contributed by atoms with Gasteiger partial charge in [-0.15, -0.1) is 11.8 Å². The van der Waals surface area contributed by atoms with Crippen LogP contribution in [-0.4, -0.2) is 20.9 Å². The Bertz CT molecular complexity index is 831. The number of nitrogens with one attached hydrogen (secondary N) is 1. The molecule has 0 aliphatic rings. The van der Waals surface area contributed by atoms with Crippen molar-refractivity contribution >= 4 is 23.5 Å². The number of carbonyl (C=O) groups is 1. The molecule has 0 spiro atoms. The molecular weight excluding hydrogens is 330 g/mol. The Kier molecular flexibility index (Phi) is 5.56. The Morgan fingerprint density at radius 3 is 2.44 bits per heavy atom. The minimum absolute atomic E-state index is 0.0249. The van der Waals surface area contributed by atoms with Crippen molar-refractivity contribution in [1.29, 1.82) is 0 Å². The van der Waals surface area contributed by atoms with Crippen LogP contribution in [0, 0.1) is 6.92 Å². The molecule has 0 saturated carbocycles. The van der Waals surface area contributed by atoms with E-state index in [-0.39, 0.29) is 11.2 Å². The standard InChI is InChI=1S/C20H21N3OS/c1-15-13-19(23(22-15)14-17-9-5-3-6-10-17)21-20(24)16(2)25-18-11-7-4-8-12-18/h3-13,16H,14H2,1-2H3,(H,21,24)/t16-/m0/s1. The normalized spacial score (nSPS) is 11.9. The summed E-state index contributed by atoms with van der Waals surface area (Å²) in [5.74, 6) is 0.704. The molecule has 1 amide bonds. The van der Waals surface area contributed by atoms with E-state index in [1.54, 1.807) is 11.8 Å². The van der Waals surface area contributed by atoms with Crippen molar-refractivity contribution in [2.24, 2.45) is 0 Å². The number of carbonyl (C=O) groups excluding carboxylic acids is 1. The summed E-state index contributed by atoms with van der Waals surface area (Å²) in [6.45, 7) is 4.47. The lowest BCUT2D eigenvalue weighted by atomic mass is 10.2. The van der Waals surface area contributed by atoms with Gasteiger partial charge in [0.1, 0.15) is 5.82 Å². The third-order valence-electron chi connectivity index (χ3n) is 3.75.